The standard InChI is InChI=1S/C12H21N3OS/c1-4-9(3)15(5-2)8-10-6-7-11(17-10)12(16)14-13/h6-7,9H,4-5,8,13H2,1-3H3,(H,14,16). The van der Waals surface area contributed by atoms with Crippen LogP contribution >= 0.6 is 11.3 Å². The summed E-state index contributed by atoms with van der Waals surface area (Å²) in [6, 6.07) is 4.39. The summed E-state index contributed by atoms with van der Waals surface area (Å²) >= 11 is 1.50. The van der Waals surface area contributed by atoms with E-state index in [9.17, 15) is 4.79 Å². The number of nitrogens with one attached hydrogen (secondary N) is 1. The number of carbonyl (C=O) groups is 1. The molecule has 0 aliphatic heterocycles. The normalized spacial score (nSPS) is 12.8. The molecule has 1 rings (SSSR count). The van der Waals surface area contributed by atoms with Crippen molar-refractivity contribution < 1.29 is 4.79 Å². The predicted octanol–water partition coefficient (Wildman–Crippen LogP) is 1.97. The number of thiophene rings is 1. The Labute approximate surface area is 107 Å². The van der Waals surface area contributed by atoms with Gasteiger partial charge in [-0.05, 0) is 32.0 Å². The Kier molecular flexibility index (Phi) is 5.61. The van der Waals surface area contributed by atoms with E-state index in [2.05, 4.69) is 31.1 Å². The van der Waals surface area contributed by atoms with Crippen LogP contribution in [0.15, 0.2) is 12.1 Å². The van der Waals surface area contributed by atoms with Crippen molar-refractivity contribution in [3.63, 3.8) is 0 Å². The minimum absolute atomic E-state index is 0.215. The van der Waals surface area contributed by atoms with Gasteiger partial charge in [-0.3, -0.25) is 15.1 Å². The number of nitrogens with zero attached hydrogens (tertiary/aromatic N) is 1. The van der Waals surface area contributed by atoms with Crippen LogP contribution in [0.1, 0.15) is 41.7 Å². The molecule has 0 spiro atoms. The molecule has 1 amide bonds. The Morgan fingerprint density at radius 3 is 2.76 bits per heavy atom. The van der Waals surface area contributed by atoms with E-state index in [-0.39, 0.29) is 5.91 Å². The highest BCUT2D eigenvalue weighted by atomic mass is 32.1. The fraction of sp³-hybridized carbons (Fsp3) is 0.583. The number of hydrogen-bond acceptors (Lipinski definition) is 4. The summed E-state index contributed by atoms with van der Waals surface area (Å²) in [5.41, 5.74) is 2.15. The van der Waals surface area contributed by atoms with Crippen molar-refractivity contribution in [2.45, 2.75) is 39.8 Å². The van der Waals surface area contributed by atoms with Crippen molar-refractivity contribution in [2.24, 2.45) is 5.84 Å². The van der Waals surface area contributed by atoms with Crippen molar-refractivity contribution in [1.29, 1.82) is 0 Å². The minimum Gasteiger partial charge on any atom is -0.296 e. The summed E-state index contributed by atoms with van der Waals surface area (Å²) in [7, 11) is 0. The summed E-state index contributed by atoms with van der Waals surface area (Å²) in [6.07, 6.45) is 1.13. The van der Waals surface area contributed by atoms with Gasteiger partial charge in [0, 0.05) is 17.5 Å². The van der Waals surface area contributed by atoms with Gasteiger partial charge in [-0.15, -0.1) is 11.3 Å². The zero-order valence-corrected chi connectivity index (χ0v) is 11.5. The van der Waals surface area contributed by atoms with E-state index in [0.29, 0.717) is 10.9 Å². The maximum Gasteiger partial charge on any atom is 0.275 e. The van der Waals surface area contributed by atoms with Gasteiger partial charge in [0.25, 0.3) is 5.91 Å². The average Bonchev–Trinajstić information content (AvgIpc) is 2.82. The molecule has 3 N–H and O–H groups in total. The molecule has 0 bridgehead atoms. The number of nitrogen functional groups attached to an aromatic ring is 1. The van der Waals surface area contributed by atoms with Crippen LogP contribution in [-0.2, 0) is 6.54 Å². The third-order valence-electron chi connectivity index (χ3n) is 3.00. The molecule has 0 radical (unpaired) electrons. The van der Waals surface area contributed by atoms with E-state index in [1.165, 1.54) is 16.2 Å². The van der Waals surface area contributed by atoms with Crippen molar-refractivity contribution in [1.82, 2.24) is 10.3 Å². The van der Waals surface area contributed by atoms with Gasteiger partial charge < -0.3 is 0 Å². The van der Waals surface area contributed by atoms with Crippen LogP contribution in [-0.4, -0.2) is 23.4 Å². The maximum absolute atomic E-state index is 11.3. The highest BCUT2D eigenvalue weighted by molar-refractivity contribution is 7.14. The van der Waals surface area contributed by atoms with Crippen LogP contribution in [0.4, 0.5) is 0 Å². The van der Waals surface area contributed by atoms with Gasteiger partial charge in [0.1, 0.15) is 0 Å². The third kappa shape index (κ3) is 3.80. The third-order valence-corrected chi connectivity index (χ3v) is 4.06. The molecule has 0 saturated carbocycles. The largest absolute Gasteiger partial charge is 0.296 e. The van der Waals surface area contributed by atoms with Crippen molar-refractivity contribution >= 4 is 17.2 Å². The first-order valence-corrected chi connectivity index (χ1v) is 6.77. The molecule has 1 aromatic heterocycles. The van der Waals surface area contributed by atoms with E-state index in [0.717, 1.165) is 19.5 Å². The number of rotatable bonds is 6. The van der Waals surface area contributed by atoms with Crippen LogP contribution < -0.4 is 11.3 Å². The lowest BCUT2D eigenvalue weighted by molar-refractivity contribution is 0.0957. The number of amides is 1. The Morgan fingerprint density at radius 2 is 2.24 bits per heavy atom. The molecular formula is C12H21N3OS. The highest BCUT2D eigenvalue weighted by Gasteiger charge is 2.13. The van der Waals surface area contributed by atoms with Crippen LogP contribution in [0.3, 0.4) is 0 Å². The van der Waals surface area contributed by atoms with Crippen molar-refractivity contribution in [3.05, 3.63) is 21.9 Å². The maximum atomic E-state index is 11.3. The molecule has 0 saturated heterocycles. The van der Waals surface area contributed by atoms with Gasteiger partial charge >= 0.3 is 0 Å². The zero-order valence-electron chi connectivity index (χ0n) is 10.7. The summed E-state index contributed by atoms with van der Waals surface area (Å²) in [6.45, 7) is 8.49. The molecular weight excluding hydrogens is 234 g/mol. The number of hydrazine groups is 1. The van der Waals surface area contributed by atoms with Crippen LogP contribution in [0.2, 0.25) is 0 Å². The van der Waals surface area contributed by atoms with E-state index in [1.807, 2.05) is 12.1 Å². The minimum atomic E-state index is -0.215. The molecule has 96 valence electrons. The topological polar surface area (TPSA) is 58.4 Å². The van der Waals surface area contributed by atoms with Crippen LogP contribution in [0, 0.1) is 0 Å². The Hall–Kier alpha value is -0.910. The lowest BCUT2D eigenvalue weighted by atomic mass is 10.2. The second-order valence-electron chi connectivity index (χ2n) is 4.06. The summed E-state index contributed by atoms with van der Waals surface area (Å²) in [4.78, 5) is 15.6. The van der Waals surface area contributed by atoms with Gasteiger partial charge in [0.15, 0.2) is 0 Å². The first-order valence-electron chi connectivity index (χ1n) is 5.96. The Morgan fingerprint density at radius 1 is 1.53 bits per heavy atom. The molecule has 0 fully saturated rings. The molecule has 1 unspecified atom stereocenters. The average molecular weight is 255 g/mol. The van der Waals surface area contributed by atoms with Gasteiger partial charge in [-0.2, -0.15) is 0 Å². The molecule has 1 heterocycles. The molecule has 0 aromatic carbocycles. The van der Waals surface area contributed by atoms with Crippen LogP contribution in [0.5, 0.6) is 0 Å². The van der Waals surface area contributed by atoms with E-state index >= 15 is 0 Å². The summed E-state index contributed by atoms with van der Waals surface area (Å²) in [5.74, 6) is 4.89. The number of hydrogen-bond donors (Lipinski definition) is 2. The fourth-order valence-electron chi connectivity index (χ4n) is 1.69. The van der Waals surface area contributed by atoms with Crippen molar-refractivity contribution in [2.75, 3.05) is 6.54 Å². The zero-order chi connectivity index (χ0) is 12.8. The quantitative estimate of drug-likeness (QED) is 0.464. The SMILES string of the molecule is CCC(C)N(CC)Cc1ccc(C(=O)NN)s1. The van der Waals surface area contributed by atoms with E-state index < -0.39 is 0 Å². The number of carbonyl (C=O) groups excluding carboxylic acids is 1. The highest BCUT2D eigenvalue weighted by Crippen LogP contribution is 2.19. The summed E-state index contributed by atoms with van der Waals surface area (Å²) < 4.78 is 0. The lowest BCUT2D eigenvalue weighted by Gasteiger charge is -2.26. The molecule has 1 atom stereocenters. The Bertz CT molecular complexity index is 364. The van der Waals surface area contributed by atoms with Crippen LogP contribution in [0.25, 0.3) is 0 Å². The number of nitrogens with two attached hydrogens (primary N) is 1. The second kappa shape index (κ2) is 6.74. The monoisotopic (exact) mass is 255 g/mol. The predicted molar refractivity (Wildman–Crippen MR) is 71.8 cm³/mol. The Balaban J connectivity index is 2.67. The van der Waals surface area contributed by atoms with Gasteiger partial charge in [0.05, 0.1) is 4.88 Å². The fourth-order valence-corrected chi connectivity index (χ4v) is 2.63. The molecule has 0 aliphatic rings. The van der Waals surface area contributed by atoms with Gasteiger partial charge in [-0.25, -0.2) is 5.84 Å². The molecule has 4 nitrogen and oxygen atoms in total. The van der Waals surface area contributed by atoms with E-state index in [4.69, 9.17) is 5.84 Å². The lowest BCUT2D eigenvalue weighted by Crippen LogP contribution is -2.31. The first kappa shape index (κ1) is 14.2. The molecule has 1 aromatic rings. The van der Waals surface area contributed by atoms with Gasteiger partial charge in [0.2, 0.25) is 0 Å². The first-order chi connectivity index (χ1) is 8.12. The van der Waals surface area contributed by atoms with Gasteiger partial charge in [-0.1, -0.05) is 13.8 Å². The van der Waals surface area contributed by atoms with Crippen molar-refractivity contribution in [3.8, 4) is 0 Å². The summed E-state index contributed by atoms with van der Waals surface area (Å²) in [5, 5.41) is 0. The molecule has 5 heteroatoms. The smallest absolute Gasteiger partial charge is 0.275 e. The van der Waals surface area contributed by atoms with E-state index in [1.54, 1.807) is 0 Å². The second-order valence-corrected chi connectivity index (χ2v) is 5.23. The molecule has 0 aliphatic carbocycles. The molecule has 17 heavy (non-hydrogen) atoms.